The summed E-state index contributed by atoms with van der Waals surface area (Å²) in [5, 5.41) is 17.6. The zero-order chi connectivity index (χ0) is 26.2. The molecule has 1 heterocycles. The summed E-state index contributed by atoms with van der Waals surface area (Å²) in [6.45, 7) is 0.616. The van der Waals surface area contributed by atoms with Crippen LogP contribution in [-0.2, 0) is 20.8 Å². The van der Waals surface area contributed by atoms with Crippen LogP contribution in [0.2, 0.25) is 0 Å². The molecule has 2 unspecified atom stereocenters. The lowest BCUT2D eigenvalue weighted by molar-refractivity contribution is -0.140. The Morgan fingerprint density at radius 3 is 2.47 bits per heavy atom. The molecule has 2 aromatic carbocycles. The third kappa shape index (κ3) is 7.91. The number of fused-ring (bicyclic) bond motifs is 1. The molecule has 2 aromatic rings. The Morgan fingerprint density at radius 2 is 1.74 bits per heavy atom. The van der Waals surface area contributed by atoms with Crippen molar-refractivity contribution in [2.75, 3.05) is 19.6 Å². The van der Waals surface area contributed by atoms with E-state index in [-0.39, 0.29) is 43.2 Å². The van der Waals surface area contributed by atoms with Gasteiger partial charge >= 0.3 is 0 Å². The molecule has 0 radical (unpaired) electrons. The van der Waals surface area contributed by atoms with Crippen molar-refractivity contribution in [1.82, 2.24) is 15.5 Å². The second kappa shape index (κ2) is 14.5. The van der Waals surface area contributed by atoms with Crippen LogP contribution in [0.3, 0.4) is 0 Å². The highest BCUT2D eigenvalue weighted by atomic mass is 35.5. The van der Waals surface area contributed by atoms with Gasteiger partial charge in [0.1, 0.15) is 12.1 Å². The molecular formula is C29H41ClN4O4. The molecule has 0 bridgehead atoms. The predicted molar refractivity (Wildman–Crippen MR) is 151 cm³/mol. The summed E-state index contributed by atoms with van der Waals surface area (Å²) in [4.78, 5) is 41.3. The van der Waals surface area contributed by atoms with Gasteiger partial charge in [0.25, 0.3) is 0 Å². The maximum atomic E-state index is 13.4. The SMILES string of the molecule is Cl.NCC(O)CNC(=O)[C@@H](Cc1ccc2ccccc2c1)NC(=O)C1CCCN1C(=O)CC1CCCCC1. The highest BCUT2D eigenvalue weighted by Gasteiger charge is 2.36. The Bertz CT molecular complexity index is 1090. The summed E-state index contributed by atoms with van der Waals surface area (Å²) < 4.78 is 0. The van der Waals surface area contributed by atoms with Crippen LogP contribution in [0.5, 0.6) is 0 Å². The molecule has 5 N–H and O–H groups in total. The molecule has 2 aliphatic rings. The third-order valence-corrected chi connectivity index (χ3v) is 7.73. The van der Waals surface area contributed by atoms with Crippen molar-refractivity contribution in [3.8, 4) is 0 Å². The molecule has 1 saturated heterocycles. The molecule has 38 heavy (non-hydrogen) atoms. The Morgan fingerprint density at radius 1 is 1.00 bits per heavy atom. The number of carbonyl (C=O) groups is 3. The Hall–Kier alpha value is -2.68. The van der Waals surface area contributed by atoms with Gasteiger partial charge in [0.05, 0.1) is 6.10 Å². The Balaban J connectivity index is 0.00000400. The molecule has 2 fully saturated rings. The van der Waals surface area contributed by atoms with E-state index in [0.29, 0.717) is 31.7 Å². The van der Waals surface area contributed by atoms with Gasteiger partial charge in [-0.05, 0) is 47.9 Å². The van der Waals surface area contributed by atoms with Gasteiger partial charge in [0.2, 0.25) is 17.7 Å². The summed E-state index contributed by atoms with van der Waals surface area (Å²) in [5.74, 6) is -0.223. The number of aliphatic hydroxyl groups is 1. The second-order valence-corrected chi connectivity index (χ2v) is 10.5. The Labute approximate surface area is 231 Å². The molecule has 1 saturated carbocycles. The zero-order valence-electron chi connectivity index (χ0n) is 21.9. The van der Waals surface area contributed by atoms with Crippen molar-refractivity contribution in [3.05, 3.63) is 48.0 Å². The summed E-state index contributed by atoms with van der Waals surface area (Å²) in [7, 11) is 0. The maximum Gasteiger partial charge on any atom is 0.243 e. The van der Waals surface area contributed by atoms with Crippen LogP contribution in [-0.4, -0.2) is 65.5 Å². The van der Waals surface area contributed by atoms with Crippen LogP contribution in [0.15, 0.2) is 42.5 Å². The number of likely N-dealkylation sites (tertiary alicyclic amines) is 1. The van der Waals surface area contributed by atoms with E-state index < -0.39 is 18.2 Å². The van der Waals surface area contributed by atoms with Crippen molar-refractivity contribution >= 4 is 40.9 Å². The van der Waals surface area contributed by atoms with Gasteiger partial charge in [-0.25, -0.2) is 0 Å². The lowest BCUT2D eigenvalue weighted by Gasteiger charge is -2.29. The van der Waals surface area contributed by atoms with E-state index in [0.717, 1.165) is 35.6 Å². The summed E-state index contributed by atoms with van der Waals surface area (Å²) >= 11 is 0. The summed E-state index contributed by atoms with van der Waals surface area (Å²) in [6.07, 6.45) is 7.06. The van der Waals surface area contributed by atoms with Crippen molar-refractivity contribution in [1.29, 1.82) is 0 Å². The monoisotopic (exact) mass is 544 g/mol. The lowest BCUT2D eigenvalue weighted by atomic mass is 9.86. The van der Waals surface area contributed by atoms with Crippen LogP contribution in [0.4, 0.5) is 0 Å². The number of hydrogen-bond acceptors (Lipinski definition) is 5. The summed E-state index contributed by atoms with van der Waals surface area (Å²) in [6, 6.07) is 12.6. The molecule has 1 aliphatic carbocycles. The number of halogens is 1. The predicted octanol–water partition coefficient (Wildman–Crippen LogP) is 2.69. The lowest BCUT2D eigenvalue weighted by Crippen LogP contribution is -2.54. The van der Waals surface area contributed by atoms with Crippen LogP contribution in [0, 0.1) is 5.92 Å². The first-order chi connectivity index (χ1) is 17.9. The largest absolute Gasteiger partial charge is 0.390 e. The fourth-order valence-electron chi connectivity index (χ4n) is 5.60. The van der Waals surface area contributed by atoms with E-state index in [1.54, 1.807) is 4.90 Å². The highest BCUT2D eigenvalue weighted by molar-refractivity contribution is 5.93. The topological polar surface area (TPSA) is 125 Å². The number of nitrogens with one attached hydrogen (secondary N) is 2. The van der Waals surface area contributed by atoms with Crippen molar-refractivity contribution in [3.63, 3.8) is 0 Å². The number of benzene rings is 2. The van der Waals surface area contributed by atoms with Gasteiger partial charge in [0, 0.05) is 32.5 Å². The number of aliphatic hydroxyl groups excluding tert-OH is 1. The second-order valence-electron chi connectivity index (χ2n) is 10.5. The fourth-order valence-corrected chi connectivity index (χ4v) is 5.60. The standard InChI is InChI=1S/C29H40N4O4.ClH/c30-18-24(34)19-31-28(36)25(16-21-12-13-22-9-4-5-10-23(22)15-21)32-29(37)26-11-6-14-33(26)27(35)17-20-7-2-1-3-8-20;/h4-5,9-10,12-13,15,20,24-26,34H,1-3,6-8,11,14,16-19,30H2,(H,31,36)(H,32,37);1H/t24?,25-,26?;/m1./s1. The first-order valence-corrected chi connectivity index (χ1v) is 13.7. The van der Waals surface area contributed by atoms with Crippen molar-refractivity contribution in [2.45, 2.75) is 76.0 Å². The first-order valence-electron chi connectivity index (χ1n) is 13.7. The molecule has 8 nitrogen and oxygen atoms in total. The van der Waals surface area contributed by atoms with Crippen molar-refractivity contribution < 1.29 is 19.5 Å². The van der Waals surface area contributed by atoms with Crippen LogP contribution in [0.1, 0.15) is 56.9 Å². The van der Waals surface area contributed by atoms with E-state index in [1.165, 1.54) is 19.3 Å². The molecule has 3 atom stereocenters. The van der Waals surface area contributed by atoms with E-state index in [1.807, 2.05) is 42.5 Å². The average molecular weight is 545 g/mol. The molecule has 208 valence electrons. The van der Waals surface area contributed by atoms with Gasteiger partial charge < -0.3 is 26.4 Å². The van der Waals surface area contributed by atoms with Gasteiger partial charge in [-0.2, -0.15) is 0 Å². The minimum Gasteiger partial charge on any atom is -0.390 e. The normalized spacial score (nSPS) is 19.4. The average Bonchev–Trinajstić information content (AvgIpc) is 3.42. The number of amides is 3. The van der Waals surface area contributed by atoms with Gasteiger partial charge in [0.15, 0.2) is 0 Å². The van der Waals surface area contributed by atoms with Crippen molar-refractivity contribution in [2.24, 2.45) is 11.7 Å². The number of nitrogens with two attached hydrogens (primary N) is 1. The van der Waals surface area contributed by atoms with Gasteiger partial charge in [-0.1, -0.05) is 61.7 Å². The van der Waals surface area contributed by atoms with E-state index >= 15 is 0 Å². The van der Waals surface area contributed by atoms with E-state index in [4.69, 9.17) is 5.73 Å². The number of nitrogens with zero attached hydrogens (tertiary/aromatic N) is 1. The number of rotatable bonds is 10. The fraction of sp³-hybridized carbons (Fsp3) is 0.552. The van der Waals surface area contributed by atoms with E-state index in [9.17, 15) is 19.5 Å². The van der Waals surface area contributed by atoms with Crippen LogP contribution < -0.4 is 16.4 Å². The smallest absolute Gasteiger partial charge is 0.243 e. The quantitative estimate of drug-likeness (QED) is 0.366. The minimum absolute atomic E-state index is 0. The van der Waals surface area contributed by atoms with Gasteiger partial charge in [-0.15, -0.1) is 12.4 Å². The third-order valence-electron chi connectivity index (χ3n) is 7.73. The molecule has 3 amide bonds. The molecule has 1 aliphatic heterocycles. The molecule has 9 heteroatoms. The minimum atomic E-state index is -0.858. The molecule has 0 aromatic heterocycles. The Kier molecular flexibility index (Phi) is 11.4. The van der Waals surface area contributed by atoms with Crippen LogP contribution >= 0.6 is 12.4 Å². The molecular weight excluding hydrogens is 504 g/mol. The van der Waals surface area contributed by atoms with E-state index in [2.05, 4.69) is 10.6 Å². The molecule has 0 spiro atoms. The maximum absolute atomic E-state index is 13.4. The number of hydrogen-bond donors (Lipinski definition) is 4. The van der Waals surface area contributed by atoms with Crippen LogP contribution in [0.25, 0.3) is 10.8 Å². The summed E-state index contributed by atoms with van der Waals surface area (Å²) in [5.41, 5.74) is 6.39. The number of carbonyl (C=O) groups excluding carboxylic acids is 3. The zero-order valence-corrected chi connectivity index (χ0v) is 22.8. The van der Waals surface area contributed by atoms with Gasteiger partial charge in [-0.3, -0.25) is 14.4 Å². The first kappa shape index (κ1) is 29.9. The highest BCUT2D eigenvalue weighted by Crippen LogP contribution is 2.28. The molecule has 4 rings (SSSR count).